The first kappa shape index (κ1) is 13.3. The van der Waals surface area contributed by atoms with Crippen molar-refractivity contribution in [3.8, 4) is 0 Å². The number of rotatable bonds is 2. The van der Waals surface area contributed by atoms with Crippen molar-refractivity contribution in [2.75, 3.05) is 5.32 Å². The minimum absolute atomic E-state index is 0. The third-order valence-electron chi connectivity index (χ3n) is 1.57. The number of amides is 1. The monoisotopic (exact) mass is 203 g/mol. The fraction of sp³-hybridized carbons (Fsp3) is 0.300. The van der Waals surface area contributed by atoms with E-state index < -0.39 is 0 Å². The van der Waals surface area contributed by atoms with Gasteiger partial charge in [-0.1, -0.05) is 32.0 Å². The molecule has 0 heterocycles. The molecule has 0 spiro atoms. The van der Waals surface area contributed by atoms with Crippen LogP contribution in [0.2, 0.25) is 0 Å². The van der Waals surface area contributed by atoms with Crippen LogP contribution in [0.15, 0.2) is 30.3 Å². The molecule has 13 heavy (non-hydrogen) atoms. The number of carbonyl (C=O) groups excluding carboxylic acids is 1. The summed E-state index contributed by atoms with van der Waals surface area (Å²) < 4.78 is 0. The van der Waals surface area contributed by atoms with Gasteiger partial charge in [0.15, 0.2) is 0 Å². The minimum atomic E-state index is 0. The van der Waals surface area contributed by atoms with Crippen LogP contribution in [0.25, 0.3) is 0 Å². The van der Waals surface area contributed by atoms with Crippen LogP contribution in [0.5, 0.6) is 0 Å². The SMILES string of the molecule is CC(C)C(=O)Nc1ccccc1.[KH]. The van der Waals surface area contributed by atoms with E-state index in [1.165, 1.54) is 0 Å². The van der Waals surface area contributed by atoms with E-state index in [9.17, 15) is 4.79 Å². The molecule has 0 unspecified atom stereocenters. The first-order valence-electron chi connectivity index (χ1n) is 4.06. The van der Waals surface area contributed by atoms with Gasteiger partial charge in [-0.3, -0.25) is 4.79 Å². The van der Waals surface area contributed by atoms with Crippen LogP contribution in [0, 0.1) is 5.92 Å². The summed E-state index contributed by atoms with van der Waals surface area (Å²) in [5, 5.41) is 2.80. The average molecular weight is 203 g/mol. The first-order chi connectivity index (χ1) is 5.70. The molecule has 0 saturated carbocycles. The molecule has 0 bridgehead atoms. The van der Waals surface area contributed by atoms with Crippen LogP contribution in [-0.2, 0) is 4.79 Å². The van der Waals surface area contributed by atoms with Gasteiger partial charge in [-0.2, -0.15) is 0 Å². The van der Waals surface area contributed by atoms with E-state index in [-0.39, 0.29) is 63.2 Å². The number of hydrogen-bond donors (Lipinski definition) is 1. The van der Waals surface area contributed by atoms with Gasteiger partial charge in [0.2, 0.25) is 5.91 Å². The molecule has 1 aromatic carbocycles. The zero-order chi connectivity index (χ0) is 8.97. The fourth-order valence-corrected chi connectivity index (χ4v) is 0.808. The number of hydrogen-bond acceptors (Lipinski definition) is 1. The van der Waals surface area contributed by atoms with Gasteiger partial charge in [0.25, 0.3) is 0 Å². The van der Waals surface area contributed by atoms with E-state index in [2.05, 4.69) is 5.32 Å². The van der Waals surface area contributed by atoms with E-state index in [0.717, 1.165) is 5.69 Å². The van der Waals surface area contributed by atoms with Gasteiger partial charge in [-0.25, -0.2) is 0 Å². The second-order valence-corrected chi connectivity index (χ2v) is 3.01. The molecule has 1 rings (SSSR count). The molecule has 1 amide bonds. The van der Waals surface area contributed by atoms with Gasteiger partial charge in [-0.05, 0) is 12.1 Å². The van der Waals surface area contributed by atoms with E-state index in [1.54, 1.807) is 0 Å². The number of carbonyl (C=O) groups is 1. The molecule has 0 saturated heterocycles. The van der Waals surface area contributed by atoms with Gasteiger partial charge in [0.05, 0.1) is 0 Å². The summed E-state index contributed by atoms with van der Waals surface area (Å²) >= 11 is 0. The molecule has 0 aromatic heterocycles. The van der Waals surface area contributed by atoms with E-state index in [1.807, 2.05) is 44.2 Å². The predicted octanol–water partition coefficient (Wildman–Crippen LogP) is 1.63. The first-order valence-corrected chi connectivity index (χ1v) is 4.06. The Morgan fingerprint density at radius 2 is 1.77 bits per heavy atom. The van der Waals surface area contributed by atoms with Gasteiger partial charge in [0, 0.05) is 11.6 Å². The third kappa shape index (κ3) is 4.93. The topological polar surface area (TPSA) is 29.1 Å². The van der Waals surface area contributed by atoms with Crippen LogP contribution in [0.3, 0.4) is 0 Å². The number of benzene rings is 1. The van der Waals surface area contributed by atoms with E-state index >= 15 is 0 Å². The second-order valence-electron chi connectivity index (χ2n) is 3.01. The van der Waals surface area contributed by atoms with Crippen LogP contribution in [0.4, 0.5) is 5.69 Å². The summed E-state index contributed by atoms with van der Waals surface area (Å²) in [6, 6.07) is 9.47. The summed E-state index contributed by atoms with van der Waals surface area (Å²) in [4.78, 5) is 11.2. The zero-order valence-electron chi connectivity index (χ0n) is 7.37. The van der Waals surface area contributed by atoms with Crippen LogP contribution in [0.1, 0.15) is 13.8 Å². The van der Waals surface area contributed by atoms with Crippen LogP contribution in [-0.4, -0.2) is 57.3 Å². The molecule has 2 nitrogen and oxygen atoms in total. The summed E-state index contributed by atoms with van der Waals surface area (Å²) in [5.41, 5.74) is 0.858. The fourth-order valence-electron chi connectivity index (χ4n) is 0.808. The summed E-state index contributed by atoms with van der Waals surface area (Å²) in [5.74, 6) is 0.0893. The molecule has 0 fully saturated rings. The number of anilines is 1. The Kier molecular flexibility index (Phi) is 6.90. The molecule has 0 aliphatic rings. The van der Waals surface area contributed by atoms with Gasteiger partial charge < -0.3 is 5.32 Å². The molecule has 0 aliphatic heterocycles. The van der Waals surface area contributed by atoms with Crippen molar-refractivity contribution in [2.45, 2.75) is 13.8 Å². The Hall–Kier alpha value is 0.326. The van der Waals surface area contributed by atoms with Gasteiger partial charge in [0.1, 0.15) is 0 Å². The van der Waals surface area contributed by atoms with Crippen molar-refractivity contribution >= 4 is 63.0 Å². The van der Waals surface area contributed by atoms with Crippen molar-refractivity contribution in [3.63, 3.8) is 0 Å². The Morgan fingerprint density at radius 3 is 2.23 bits per heavy atom. The Morgan fingerprint density at radius 1 is 1.23 bits per heavy atom. The molecule has 1 N–H and O–H groups in total. The van der Waals surface area contributed by atoms with E-state index in [4.69, 9.17) is 0 Å². The third-order valence-corrected chi connectivity index (χ3v) is 1.57. The Balaban J connectivity index is 0.00000144. The van der Waals surface area contributed by atoms with Crippen LogP contribution < -0.4 is 5.32 Å². The van der Waals surface area contributed by atoms with Crippen LogP contribution >= 0.6 is 0 Å². The van der Waals surface area contributed by atoms with E-state index in [0.29, 0.717) is 0 Å². The average Bonchev–Trinajstić information content (AvgIpc) is 2.06. The number of nitrogens with one attached hydrogen (secondary N) is 1. The molecule has 3 heteroatoms. The summed E-state index contributed by atoms with van der Waals surface area (Å²) in [6.07, 6.45) is 0. The Labute approximate surface area is 122 Å². The van der Waals surface area contributed by atoms with Crippen molar-refractivity contribution in [1.29, 1.82) is 0 Å². The van der Waals surface area contributed by atoms with Crippen molar-refractivity contribution < 1.29 is 4.79 Å². The molecule has 0 atom stereocenters. The molecule has 0 aliphatic carbocycles. The molecule has 1 aromatic rings. The zero-order valence-corrected chi connectivity index (χ0v) is 7.37. The standard InChI is InChI=1S/C10H13NO.K.H/c1-8(2)10(12)11-9-6-4-3-5-7-9;;/h3-8H,1-2H3,(H,11,12);;. The van der Waals surface area contributed by atoms with Crippen molar-refractivity contribution in [3.05, 3.63) is 30.3 Å². The predicted molar refractivity (Wildman–Crippen MR) is 57.1 cm³/mol. The van der Waals surface area contributed by atoms with Gasteiger partial charge >= 0.3 is 51.4 Å². The maximum atomic E-state index is 11.2. The molecule has 66 valence electrons. The summed E-state index contributed by atoms with van der Waals surface area (Å²) in [6.45, 7) is 3.75. The molecular weight excluding hydrogens is 189 g/mol. The quantitative estimate of drug-likeness (QED) is 0.727. The summed E-state index contributed by atoms with van der Waals surface area (Å²) in [7, 11) is 0. The maximum absolute atomic E-state index is 11.2. The van der Waals surface area contributed by atoms with Crippen molar-refractivity contribution in [1.82, 2.24) is 0 Å². The second kappa shape index (κ2) is 6.73. The van der Waals surface area contributed by atoms with Gasteiger partial charge in [-0.15, -0.1) is 0 Å². The van der Waals surface area contributed by atoms with Crippen molar-refractivity contribution in [2.24, 2.45) is 5.92 Å². The molecule has 0 radical (unpaired) electrons. The normalized spacial score (nSPS) is 9.15. The molecular formula is C10H14KNO. The Bertz CT molecular complexity index is 259. The number of para-hydroxylation sites is 1.